The largest absolute Gasteiger partial charge is 0.469 e. The molecule has 1 aliphatic carbocycles. The Balaban J connectivity index is 2.05. The van der Waals surface area contributed by atoms with Crippen molar-refractivity contribution >= 4 is 23.3 Å². The molecule has 100 valence electrons. The minimum Gasteiger partial charge on any atom is -0.469 e. The number of carbonyl (C=O) groups is 1. The number of rotatable bonds is 3. The summed E-state index contributed by atoms with van der Waals surface area (Å²) in [6, 6.07) is 7.43. The van der Waals surface area contributed by atoms with E-state index in [1.54, 1.807) is 18.2 Å². The number of nitrogens with zero attached hydrogens (tertiary/aromatic N) is 1. The van der Waals surface area contributed by atoms with Gasteiger partial charge in [-0.25, -0.2) is 0 Å². The molecule has 1 saturated carbocycles. The van der Waals surface area contributed by atoms with Gasteiger partial charge in [-0.05, 0) is 37.5 Å². The quantitative estimate of drug-likeness (QED) is 0.864. The number of carbonyl (C=O) groups excluding carboxylic acids is 1. The lowest BCUT2D eigenvalue weighted by Crippen LogP contribution is -2.19. The summed E-state index contributed by atoms with van der Waals surface area (Å²) < 4.78 is 4.76. The van der Waals surface area contributed by atoms with E-state index in [-0.39, 0.29) is 17.9 Å². The van der Waals surface area contributed by atoms with Crippen LogP contribution in [0.4, 0.5) is 5.69 Å². The maximum Gasteiger partial charge on any atom is 0.308 e. The predicted octanol–water partition coefficient (Wildman–Crippen LogP) is 2.97. The molecule has 5 heteroatoms. The van der Waals surface area contributed by atoms with Gasteiger partial charge in [-0.3, -0.25) is 4.79 Å². The fourth-order valence-corrected chi connectivity index (χ4v) is 2.62. The Morgan fingerprint density at radius 3 is 3.00 bits per heavy atom. The van der Waals surface area contributed by atoms with E-state index < -0.39 is 0 Å². The monoisotopic (exact) mass is 278 g/mol. The molecular formula is C14H15ClN2O2. The van der Waals surface area contributed by atoms with Crippen LogP contribution in [0.1, 0.15) is 24.8 Å². The minimum absolute atomic E-state index is 0.0489. The van der Waals surface area contributed by atoms with Crippen LogP contribution in [0, 0.1) is 17.2 Å². The highest BCUT2D eigenvalue weighted by Gasteiger charge is 2.30. The number of ether oxygens (including phenoxy) is 1. The second-order valence-electron chi connectivity index (χ2n) is 4.68. The third kappa shape index (κ3) is 3.18. The van der Waals surface area contributed by atoms with Crippen molar-refractivity contribution in [3.8, 4) is 6.07 Å². The highest BCUT2D eigenvalue weighted by molar-refractivity contribution is 6.30. The molecule has 1 aliphatic rings. The lowest BCUT2D eigenvalue weighted by Gasteiger charge is -2.15. The molecular weight excluding hydrogens is 264 g/mol. The number of hydrogen-bond acceptors (Lipinski definition) is 4. The number of benzene rings is 1. The number of anilines is 1. The first-order chi connectivity index (χ1) is 9.13. The number of hydrogen-bond donors (Lipinski definition) is 1. The Bertz CT molecular complexity index is 525. The van der Waals surface area contributed by atoms with Crippen LogP contribution in [0.25, 0.3) is 0 Å². The molecule has 2 atom stereocenters. The van der Waals surface area contributed by atoms with Crippen molar-refractivity contribution in [2.75, 3.05) is 12.4 Å². The average molecular weight is 279 g/mol. The van der Waals surface area contributed by atoms with E-state index in [9.17, 15) is 4.79 Å². The van der Waals surface area contributed by atoms with Crippen LogP contribution in [-0.4, -0.2) is 19.1 Å². The molecule has 19 heavy (non-hydrogen) atoms. The Morgan fingerprint density at radius 1 is 1.53 bits per heavy atom. The molecule has 2 rings (SSSR count). The lowest BCUT2D eigenvalue weighted by molar-refractivity contribution is -0.145. The standard InChI is InChI=1S/C14H15ClN2O2/c1-19-14(18)9-3-5-12(6-9)17-13-7-11(15)4-2-10(13)8-16/h2,4,7,9,12,17H,3,5-6H2,1H3/t9-,12+/m0/s1. The Hall–Kier alpha value is -1.73. The summed E-state index contributed by atoms with van der Waals surface area (Å²) in [5, 5.41) is 12.9. The van der Waals surface area contributed by atoms with Crippen LogP contribution < -0.4 is 5.32 Å². The summed E-state index contributed by atoms with van der Waals surface area (Å²) in [5.41, 5.74) is 1.29. The summed E-state index contributed by atoms with van der Waals surface area (Å²) in [6.07, 6.45) is 2.42. The van der Waals surface area contributed by atoms with Gasteiger partial charge in [0.15, 0.2) is 0 Å². The Morgan fingerprint density at radius 2 is 2.32 bits per heavy atom. The molecule has 1 fully saturated rings. The van der Waals surface area contributed by atoms with Gasteiger partial charge in [-0.15, -0.1) is 0 Å². The maximum atomic E-state index is 11.5. The molecule has 1 aromatic rings. The molecule has 0 heterocycles. The van der Waals surface area contributed by atoms with Gasteiger partial charge in [0.05, 0.1) is 24.3 Å². The maximum absolute atomic E-state index is 11.5. The van der Waals surface area contributed by atoms with Crippen LogP contribution in [0.3, 0.4) is 0 Å². The first-order valence-electron chi connectivity index (χ1n) is 6.18. The molecule has 1 aromatic carbocycles. The fourth-order valence-electron chi connectivity index (χ4n) is 2.45. The summed E-state index contributed by atoms with van der Waals surface area (Å²) in [6.45, 7) is 0. The van der Waals surface area contributed by atoms with Crippen molar-refractivity contribution in [1.29, 1.82) is 5.26 Å². The SMILES string of the molecule is COC(=O)[C@H]1CC[C@@H](Nc2cc(Cl)ccc2C#N)C1. The molecule has 0 spiro atoms. The van der Waals surface area contributed by atoms with Crippen LogP contribution in [0.2, 0.25) is 5.02 Å². The average Bonchev–Trinajstić information content (AvgIpc) is 2.86. The topological polar surface area (TPSA) is 62.1 Å². The van der Waals surface area contributed by atoms with Crippen molar-refractivity contribution in [3.63, 3.8) is 0 Å². The van der Waals surface area contributed by atoms with Crippen LogP contribution in [0.5, 0.6) is 0 Å². The number of methoxy groups -OCH3 is 1. The van der Waals surface area contributed by atoms with Crippen molar-refractivity contribution in [2.45, 2.75) is 25.3 Å². The molecule has 0 bridgehead atoms. The number of nitrogens with one attached hydrogen (secondary N) is 1. The van der Waals surface area contributed by atoms with Gasteiger partial charge in [0, 0.05) is 11.1 Å². The van der Waals surface area contributed by atoms with E-state index in [1.807, 2.05) is 0 Å². The molecule has 0 unspecified atom stereocenters. The summed E-state index contributed by atoms with van der Waals surface area (Å²) in [5.74, 6) is -0.205. The third-order valence-electron chi connectivity index (χ3n) is 3.43. The van der Waals surface area contributed by atoms with E-state index in [0.29, 0.717) is 10.6 Å². The van der Waals surface area contributed by atoms with Gasteiger partial charge in [-0.2, -0.15) is 5.26 Å². The predicted molar refractivity (Wildman–Crippen MR) is 72.9 cm³/mol. The van der Waals surface area contributed by atoms with E-state index in [4.69, 9.17) is 21.6 Å². The zero-order valence-electron chi connectivity index (χ0n) is 10.6. The van der Waals surface area contributed by atoms with Gasteiger partial charge in [0.2, 0.25) is 0 Å². The van der Waals surface area contributed by atoms with Crippen molar-refractivity contribution in [2.24, 2.45) is 5.92 Å². The highest BCUT2D eigenvalue weighted by Crippen LogP contribution is 2.30. The van der Waals surface area contributed by atoms with E-state index >= 15 is 0 Å². The Kier molecular flexibility index (Phi) is 4.28. The number of nitriles is 1. The van der Waals surface area contributed by atoms with Crippen molar-refractivity contribution in [3.05, 3.63) is 28.8 Å². The zero-order chi connectivity index (χ0) is 13.8. The molecule has 0 aromatic heterocycles. The second-order valence-corrected chi connectivity index (χ2v) is 5.11. The van der Waals surface area contributed by atoms with E-state index in [0.717, 1.165) is 24.9 Å². The van der Waals surface area contributed by atoms with Crippen LogP contribution in [0.15, 0.2) is 18.2 Å². The van der Waals surface area contributed by atoms with Gasteiger partial charge < -0.3 is 10.1 Å². The summed E-state index contributed by atoms with van der Waals surface area (Å²) in [7, 11) is 1.41. The first kappa shape index (κ1) is 13.7. The number of halogens is 1. The van der Waals surface area contributed by atoms with Gasteiger partial charge in [0.25, 0.3) is 0 Å². The minimum atomic E-state index is -0.157. The highest BCUT2D eigenvalue weighted by atomic mass is 35.5. The van der Waals surface area contributed by atoms with Crippen molar-refractivity contribution < 1.29 is 9.53 Å². The summed E-state index contributed by atoms with van der Waals surface area (Å²) in [4.78, 5) is 11.5. The van der Waals surface area contributed by atoms with Gasteiger partial charge in [0.1, 0.15) is 6.07 Å². The third-order valence-corrected chi connectivity index (χ3v) is 3.66. The molecule has 1 N–H and O–H groups in total. The molecule has 0 saturated heterocycles. The molecule has 0 aliphatic heterocycles. The zero-order valence-corrected chi connectivity index (χ0v) is 11.4. The number of esters is 1. The van der Waals surface area contributed by atoms with Crippen LogP contribution >= 0.6 is 11.6 Å². The van der Waals surface area contributed by atoms with Crippen molar-refractivity contribution in [1.82, 2.24) is 0 Å². The van der Waals surface area contributed by atoms with Gasteiger partial charge in [-0.1, -0.05) is 11.6 Å². The molecule has 4 nitrogen and oxygen atoms in total. The van der Waals surface area contributed by atoms with E-state index in [2.05, 4.69) is 11.4 Å². The fraction of sp³-hybridized carbons (Fsp3) is 0.429. The normalized spacial score (nSPS) is 21.7. The smallest absolute Gasteiger partial charge is 0.308 e. The van der Waals surface area contributed by atoms with Gasteiger partial charge >= 0.3 is 5.97 Å². The van der Waals surface area contributed by atoms with E-state index in [1.165, 1.54) is 7.11 Å². The molecule has 0 amide bonds. The second kappa shape index (κ2) is 5.94. The van der Waals surface area contributed by atoms with Crippen LogP contribution in [-0.2, 0) is 9.53 Å². The first-order valence-corrected chi connectivity index (χ1v) is 6.56. The lowest BCUT2D eigenvalue weighted by atomic mass is 10.1. The summed E-state index contributed by atoms with van der Waals surface area (Å²) >= 11 is 5.94. The Labute approximate surface area is 117 Å². The molecule has 0 radical (unpaired) electrons.